The first-order valence-corrected chi connectivity index (χ1v) is 20.5. The van der Waals surface area contributed by atoms with Gasteiger partial charge >= 0.3 is 0 Å². The highest BCUT2D eigenvalue weighted by Crippen LogP contribution is 2.41. The first kappa shape index (κ1) is 35.2. The first-order valence-electron chi connectivity index (χ1n) is 20.5. The molecule has 4 heteroatoms. The predicted molar refractivity (Wildman–Crippen MR) is 252 cm³/mol. The molecule has 1 N–H and O–H groups in total. The molecule has 0 fully saturated rings. The van der Waals surface area contributed by atoms with Crippen molar-refractivity contribution in [2.24, 2.45) is 4.99 Å². The van der Waals surface area contributed by atoms with Gasteiger partial charge < -0.3 is 14.8 Å². The summed E-state index contributed by atoms with van der Waals surface area (Å²) in [6.07, 6.45) is 6.75. The van der Waals surface area contributed by atoms with Crippen molar-refractivity contribution in [3.63, 3.8) is 0 Å². The van der Waals surface area contributed by atoms with E-state index in [4.69, 9.17) is 4.99 Å². The molecule has 0 bridgehead atoms. The van der Waals surface area contributed by atoms with Crippen LogP contribution in [0.5, 0.6) is 0 Å². The van der Waals surface area contributed by atoms with E-state index in [9.17, 15) is 0 Å². The van der Waals surface area contributed by atoms with Gasteiger partial charge in [0, 0.05) is 39.1 Å². The second-order valence-electron chi connectivity index (χ2n) is 15.3. The average molecular weight is 769 g/mol. The number of hydrogen-bond acceptors (Lipinski definition) is 3. The number of para-hydroxylation sites is 1. The molecular weight excluding hydrogens is 729 g/mol. The third-order valence-electron chi connectivity index (χ3n) is 11.6. The van der Waals surface area contributed by atoms with Crippen LogP contribution in [0.15, 0.2) is 236 Å². The minimum atomic E-state index is -0.0618. The van der Waals surface area contributed by atoms with Crippen LogP contribution in [-0.4, -0.2) is 16.3 Å². The fourth-order valence-corrected chi connectivity index (χ4v) is 8.67. The lowest BCUT2D eigenvalue weighted by atomic mass is 9.97. The van der Waals surface area contributed by atoms with Crippen LogP contribution in [-0.2, 0) is 0 Å². The highest BCUT2D eigenvalue weighted by molar-refractivity contribution is 6.17. The highest BCUT2D eigenvalue weighted by Gasteiger charge is 2.27. The van der Waals surface area contributed by atoms with Crippen molar-refractivity contribution in [3.05, 3.63) is 242 Å². The lowest BCUT2D eigenvalue weighted by Gasteiger charge is -2.29. The van der Waals surface area contributed by atoms with Crippen molar-refractivity contribution in [3.8, 4) is 22.3 Å². The lowest BCUT2D eigenvalue weighted by Crippen LogP contribution is -2.37. The van der Waals surface area contributed by atoms with E-state index in [0.29, 0.717) is 0 Å². The Balaban J connectivity index is 1.06. The Bertz CT molecular complexity index is 3040. The number of aliphatic imine (C=N–C) groups is 1. The molecule has 1 atom stereocenters. The Kier molecular flexibility index (Phi) is 8.86. The minimum Gasteiger partial charge on any atom is -0.371 e. The van der Waals surface area contributed by atoms with Gasteiger partial charge in [-0.2, -0.15) is 0 Å². The van der Waals surface area contributed by atoms with E-state index in [-0.39, 0.29) is 6.04 Å². The number of benzene rings is 8. The predicted octanol–water partition coefficient (Wildman–Crippen LogP) is 13.9. The van der Waals surface area contributed by atoms with Gasteiger partial charge in [-0.25, -0.2) is 4.99 Å². The number of nitrogens with zero attached hydrogens (tertiary/aromatic N) is 3. The van der Waals surface area contributed by atoms with Crippen LogP contribution < -0.4 is 10.2 Å². The van der Waals surface area contributed by atoms with Crippen molar-refractivity contribution < 1.29 is 0 Å². The maximum absolute atomic E-state index is 5.42. The Hall–Kier alpha value is -7.95. The van der Waals surface area contributed by atoms with E-state index in [0.717, 1.165) is 62.0 Å². The Labute approximate surface area is 350 Å². The summed E-state index contributed by atoms with van der Waals surface area (Å²) >= 11 is 0. The highest BCUT2D eigenvalue weighted by atomic mass is 15.1. The van der Waals surface area contributed by atoms with Gasteiger partial charge in [0.1, 0.15) is 0 Å². The number of allylic oxidation sites excluding steroid dienone is 2. The van der Waals surface area contributed by atoms with E-state index >= 15 is 0 Å². The lowest BCUT2D eigenvalue weighted by molar-refractivity contribution is 0.881. The van der Waals surface area contributed by atoms with Gasteiger partial charge in [-0.05, 0) is 82.4 Å². The summed E-state index contributed by atoms with van der Waals surface area (Å²) in [7, 11) is 0. The van der Waals surface area contributed by atoms with Gasteiger partial charge in [-0.15, -0.1) is 0 Å². The summed E-state index contributed by atoms with van der Waals surface area (Å²) in [6, 6.07) is 75.5. The van der Waals surface area contributed by atoms with E-state index in [1.54, 1.807) is 0 Å². The topological polar surface area (TPSA) is 32.6 Å². The molecule has 0 saturated carbocycles. The van der Waals surface area contributed by atoms with Crippen molar-refractivity contribution >= 4 is 61.7 Å². The molecule has 2 aliphatic rings. The largest absolute Gasteiger partial charge is 0.371 e. The molecule has 0 spiro atoms. The molecule has 60 heavy (non-hydrogen) atoms. The molecule has 1 aliphatic heterocycles. The number of rotatable bonds is 8. The zero-order valence-electron chi connectivity index (χ0n) is 32.9. The zero-order chi connectivity index (χ0) is 39.8. The van der Waals surface area contributed by atoms with Gasteiger partial charge in [0.25, 0.3) is 0 Å². The minimum absolute atomic E-state index is 0.0618. The molecule has 0 amide bonds. The zero-order valence-corrected chi connectivity index (χ0v) is 32.9. The van der Waals surface area contributed by atoms with Gasteiger partial charge in [0.2, 0.25) is 0 Å². The fraction of sp³-hybridized carbons (Fsp3) is 0.0179. The van der Waals surface area contributed by atoms with Crippen molar-refractivity contribution in [2.75, 3.05) is 4.90 Å². The monoisotopic (exact) mass is 768 g/mol. The number of anilines is 3. The number of fused-ring (bicyclic) bond motifs is 4. The SMILES string of the molecule is C1=CC2NC(c3ccccc3)=C(c3ccccc3)N=C2C=C1n1c2ccccc2c2ccc(N(c3ccc(-c4ccccc4)cc3)c3ccc(-c4ccccc4)cc3)cc21. The van der Waals surface area contributed by atoms with Gasteiger partial charge in [-0.3, -0.25) is 0 Å². The summed E-state index contributed by atoms with van der Waals surface area (Å²) in [6.45, 7) is 0. The Morgan fingerprint density at radius 2 is 0.917 bits per heavy atom. The fourth-order valence-electron chi connectivity index (χ4n) is 8.67. The summed E-state index contributed by atoms with van der Waals surface area (Å²) in [5.74, 6) is 0. The maximum Gasteiger partial charge on any atom is 0.0944 e. The van der Waals surface area contributed by atoms with Crippen LogP contribution in [0.25, 0.3) is 61.2 Å². The second-order valence-corrected chi connectivity index (χ2v) is 15.3. The van der Waals surface area contributed by atoms with Crippen LogP contribution in [0.2, 0.25) is 0 Å². The van der Waals surface area contributed by atoms with Gasteiger partial charge in [0.15, 0.2) is 0 Å². The summed E-state index contributed by atoms with van der Waals surface area (Å²) in [4.78, 5) is 7.78. The number of nitrogens with one attached hydrogen (secondary N) is 1. The molecule has 1 aliphatic carbocycles. The first-order chi connectivity index (χ1) is 29.7. The average Bonchev–Trinajstić information content (AvgIpc) is 3.66. The van der Waals surface area contributed by atoms with E-state index in [2.05, 4.69) is 245 Å². The Morgan fingerprint density at radius 1 is 0.433 bits per heavy atom. The maximum atomic E-state index is 5.42. The number of aromatic nitrogens is 1. The van der Waals surface area contributed by atoms with E-state index in [1.807, 2.05) is 0 Å². The van der Waals surface area contributed by atoms with E-state index < -0.39 is 0 Å². The van der Waals surface area contributed by atoms with Crippen LogP contribution in [0.3, 0.4) is 0 Å². The molecule has 0 saturated heterocycles. The molecule has 2 heterocycles. The third-order valence-corrected chi connectivity index (χ3v) is 11.6. The molecule has 1 unspecified atom stereocenters. The molecule has 8 aromatic carbocycles. The molecular formula is C56H40N4. The summed E-state index contributed by atoms with van der Waals surface area (Å²) < 4.78 is 2.40. The van der Waals surface area contributed by atoms with Crippen molar-refractivity contribution in [1.29, 1.82) is 0 Å². The standard InChI is InChI=1S/C56H40N4/c1-5-15-39(16-6-1)41-25-29-45(30-26-41)59(46-31-27-42(28-32-46)40-17-7-2-8-18-40)48-33-35-50-49-23-13-14-24-53(49)60(54(50)38-48)47-34-36-51-52(37-47)58-56(44-21-11-4-12-22-44)55(57-51)43-19-9-3-10-20-43/h1-38,51,57H. The molecule has 9 aromatic rings. The van der Waals surface area contributed by atoms with Crippen molar-refractivity contribution in [2.45, 2.75) is 6.04 Å². The summed E-state index contributed by atoms with van der Waals surface area (Å²) in [5.41, 5.74) is 16.5. The van der Waals surface area contributed by atoms with E-state index in [1.165, 1.54) is 33.0 Å². The molecule has 0 radical (unpaired) electrons. The Morgan fingerprint density at radius 3 is 1.52 bits per heavy atom. The molecule has 4 nitrogen and oxygen atoms in total. The molecule has 11 rings (SSSR count). The van der Waals surface area contributed by atoms with Crippen LogP contribution >= 0.6 is 0 Å². The second kappa shape index (κ2) is 15.1. The smallest absolute Gasteiger partial charge is 0.0944 e. The molecule has 284 valence electrons. The normalized spacial score (nSPS) is 14.7. The van der Waals surface area contributed by atoms with Crippen LogP contribution in [0.1, 0.15) is 11.1 Å². The van der Waals surface area contributed by atoms with Crippen molar-refractivity contribution in [1.82, 2.24) is 9.88 Å². The van der Waals surface area contributed by atoms with Crippen LogP contribution in [0, 0.1) is 0 Å². The van der Waals surface area contributed by atoms with Gasteiger partial charge in [0.05, 0.1) is 34.2 Å². The van der Waals surface area contributed by atoms with Gasteiger partial charge in [-0.1, -0.05) is 176 Å². The summed E-state index contributed by atoms with van der Waals surface area (Å²) in [5, 5.41) is 6.26. The third kappa shape index (κ3) is 6.41. The number of hydrogen-bond donors (Lipinski definition) is 1. The quantitative estimate of drug-likeness (QED) is 0.167. The van der Waals surface area contributed by atoms with Crippen LogP contribution in [0.4, 0.5) is 17.1 Å². The molecule has 1 aromatic heterocycles.